The van der Waals surface area contributed by atoms with E-state index in [0.29, 0.717) is 33.1 Å². The van der Waals surface area contributed by atoms with Gasteiger partial charge in [0.15, 0.2) is 0 Å². The van der Waals surface area contributed by atoms with Crippen LogP contribution in [0, 0.1) is 5.92 Å². The van der Waals surface area contributed by atoms with Crippen LogP contribution in [-0.2, 0) is 11.2 Å². The number of amides is 3. The summed E-state index contributed by atoms with van der Waals surface area (Å²) < 4.78 is 0. The van der Waals surface area contributed by atoms with Gasteiger partial charge in [-0.05, 0) is 42.3 Å². The predicted molar refractivity (Wildman–Crippen MR) is 117 cm³/mol. The second-order valence-electron chi connectivity index (χ2n) is 6.86. The molecule has 0 aromatic heterocycles. The van der Waals surface area contributed by atoms with Crippen molar-refractivity contribution in [3.05, 3.63) is 63.1 Å². The lowest BCUT2D eigenvalue weighted by Crippen LogP contribution is -2.56. The van der Waals surface area contributed by atoms with Gasteiger partial charge in [-0.15, -0.1) is 0 Å². The van der Waals surface area contributed by atoms with Gasteiger partial charge in [0.2, 0.25) is 5.91 Å². The summed E-state index contributed by atoms with van der Waals surface area (Å²) in [5, 5.41) is 12.9. The topological polar surface area (TPSA) is 82.3 Å². The van der Waals surface area contributed by atoms with E-state index in [0.717, 1.165) is 18.7 Å². The Morgan fingerprint density at radius 2 is 1.86 bits per heavy atom. The third-order valence-electron chi connectivity index (χ3n) is 4.66. The third-order valence-corrected chi connectivity index (χ3v) is 5.63. The van der Waals surface area contributed by atoms with Crippen molar-refractivity contribution in [3.8, 4) is 0 Å². The number of carbonyl (C=O) groups excluding carboxylic acids is 2. The second-order valence-corrected chi connectivity index (χ2v) is 8.11. The smallest absolute Gasteiger partial charge is 0.319 e. The van der Waals surface area contributed by atoms with Crippen LogP contribution < -0.4 is 21.3 Å². The van der Waals surface area contributed by atoms with Gasteiger partial charge in [0.1, 0.15) is 0 Å². The first-order chi connectivity index (χ1) is 13.9. The summed E-state index contributed by atoms with van der Waals surface area (Å²) in [6.07, 6.45) is 0.629. The quantitative estimate of drug-likeness (QED) is 0.514. The van der Waals surface area contributed by atoms with E-state index in [2.05, 4.69) is 21.3 Å². The van der Waals surface area contributed by atoms with Crippen LogP contribution in [0.1, 0.15) is 5.56 Å². The maximum absolute atomic E-state index is 12.4. The van der Waals surface area contributed by atoms with E-state index in [9.17, 15) is 9.59 Å². The predicted octanol–water partition coefficient (Wildman–Crippen LogP) is 3.72. The molecule has 0 radical (unpaired) electrons. The van der Waals surface area contributed by atoms with E-state index in [1.807, 2.05) is 12.1 Å². The van der Waals surface area contributed by atoms with Crippen molar-refractivity contribution in [3.63, 3.8) is 0 Å². The van der Waals surface area contributed by atoms with Gasteiger partial charge in [0, 0.05) is 35.8 Å². The minimum absolute atomic E-state index is 0.0706. The van der Waals surface area contributed by atoms with Crippen LogP contribution in [-0.4, -0.2) is 37.6 Å². The summed E-state index contributed by atoms with van der Waals surface area (Å²) in [6.45, 7) is 1.52. The molecule has 1 aliphatic rings. The van der Waals surface area contributed by atoms with Crippen LogP contribution in [0.3, 0.4) is 0 Å². The van der Waals surface area contributed by atoms with Crippen LogP contribution in [0.25, 0.3) is 0 Å². The monoisotopic (exact) mass is 454 g/mol. The van der Waals surface area contributed by atoms with E-state index in [4.69, 9.17) is 34.8 Å². The van der Waals surface area contributed by atoms with Gasteiger partial charge < -0.3 is 21.3 Å². The Balaban J connectivity index is 1.51. The summed E-state index contributed by atoms with van der Waals surface area (Å²) in [5.74, 6) is 0.0527. The van der Waals surface area contributed by atoms with E-state index in [1.54, 1.807) is 30.3 Å². The number of hydrogen-bond donors (Lipinski definition) is 4. The molecule has 1 aliphatic heterocycles. The number of anilines is 1. The molecule has 29 heavy (non-hydrogen) atoms. The average molecular weight is 456 g/mol. The van der Waals surface area contributed by atoms with Gasteiger partial charge in [-0.1, -0.05) is 46.9 Å². The average Bonchev–Trinajstić information content (AvgIpc) is 2.61. The Bertz CT molecular complexity index is 890. The zero-order valence-corrected chi connectivity index (χ0v) is 17.7. The molecule has 1 unspecified atom stereocenters. The molecule has 0 bridgehead atoms. The maximum Gasteiger partial charge on any atom is 0.319 e. The Labute approximate surface area is 184 Å². The van der Waals surface area contributed by atoms with E-state index >= 15 is 0 Å². The highest BCUT2D eigenvalue weighted by atomic mass is 35.5. The summed E-state index contributed by atoms with van der Waals surface area (Å²) >= 11 is 18.0. The molecule has 0 aliphatic carbocycles. The molecule has 4 N–H and O–H groups in total. The first-order valence-electron chi connectivity index (χ1n) is 9.15. The van der Waals surface area contributed by atoms with Gasteiger partial charge >= 0.3 is 6.03 Å². The summed E-state index contributed by atoms with van der Waals surface area (Å²) in [4.78, 5) is 24.4. The Morgan fingerprint density at radius 1 is 1.07 bits per heavy atom. The number of nitrogens with one attached hydrogen (secondary N) is 4. The highest BCUT2D eigenvalue weighted by Gasteiger charge is 2.28. The van der Waals surface area contributed by atoms with Crippen LogP contribution >= 0.6 is 34.8 Å². The molecule has 3 rings (SSSR count). The molecule has 3 amide bonds. The second kappa shape index (κ2) is 10.2. The van der Waals surface area contributed by atoms with Crippen LogP contribution in [0.5, 0.6) is 0 Å². The minimum Gasteiger partial charge on any atom is -0.351 e. The highest BCUT2D eigenvalue weighted by molar-refractivity contribution is 6.42. The molecule has 0 saturated carbocycles. The molecule has 2 aromatic carbocycles. The minimum atomic E-state index is -0.478. The maximum atomic E-state index is 12.4. The van der Waals surface area contributed by atoms with Crippen molar-refractivity contribution in [2.24, 2.45) is 5.92 Å². The van der Waals surface area contributed by atoms with Crippen molar-refractivity contribution in [2.75, 3.05) is 25.0 Å². The molecule has 9 heteroatoms. The Kier molecular flexibility index (Phi) is 7.61. The van der Waals surface area contributed by atoms with E-state index in [1.165, 1.54) is 0 Å². The van der Waals surface area contributed by atoms with E-state index in [-0.39, 0.29) is 18.5 Å². The molecular weight excluding hydrogens is 435 g/mol. The number of carbonyl (C=O) groups is 2. The SMILES string of the molecule is O=C(CNC(=O)Nc1cccc(Cl)c1)NC(Cc1ccc(Cl)c(Cl)c1)C1CNC1. The lowest BCUT2D eigenvalue weighted by Gasteiger charge is -2.35. The molecule has 0 spiro atoms. The van der Waals surface area contributed by atoms with Crippen molar-refractivity contribution >= 4 is 52.4 Å². The van der Waals surface area contributed by atoms with Gasteiger partial charge in [0.25, 0.3) is 0 Å². The fourth-order valence-electron chi connectivity index (χ4n) is 3.01. The lowest BCUT2D eigenvalue weighted by atomic mass is 9.89. The Morgan fingerprint density at radius 3 is 2.52 bits per heavy atom. The standard InChI is InChI=1S/C20H21Cl3N4O2/c21-14-2-1-3-15(8-14)26-20(29)25-11-19(28)27-18(13-9-24-10-13)7-12-4-5-16(22)17(23)6-12/h1-6,8,13,18,24H,7,9-11H2,(H,27,28)(H2,25,26,29). The van der Waals surface area contributed by atoms with Gasteiger partial charge in [0.05, 0.1) is 16.6 Å². The van der Waals surface area contributed by atoms with Crippen molar-refractivity contribution < 1.29 is 9.59 Å². The van der Waals surface area contributed by atoms with Crippen LogP contribution in [0.15, 0.2) is 42.5 Å². The summed E-state index contributed by atoms with van der Waals surface area (Å²) in [6, 6.07) is 11.7. The van der Waals surface area contributed by atoms with Gasteiger partial charge in [-0.2, -0.15) is 0 Å². The fraction of sp³-hybridized carbons (Fsp3) is 0.300. The molecule has 154 valence electrons. The normalized spacial score (nSPS) is 14.6. The Hall–Kier alpha value is -1.99. The van der Waals surface area contributed by atoms with Crippen LogP contribution in [0.2, 0.25) is 15.1 Å². The zero-order valence-electron chi connectivity index (χ0n) is 15.5. The fourth-order valence-corrected chi connectivity index (χ4v) is 3.52. The summed E-state index contributed by atoms with van der Waals surface area (Å²) in [7, 11) is 0. The molecule has 2 aromatic rings. The molecule has 6 nitrogen and oxygen atoms in total. The largest absolute Gasteiger partial charge is 0.351 e. The third kappa shape index (κ3) is 6.51. The number of hydrogen-bond acceptors (Lipinski definition) is 3. The number of halogens is 3. The molecule has 1 saturated heterocycles. The first kappa shape index (κ1) is 21.7. The summed E-state index contributed by atoms with van der Waals surface area (Å²) in [5.41, 5.74) is 1.54. The van der Waals surface area contributed by atoms with Gasteiger partial charge in [-0.25, -0.2) is 4.79 Å². The van der Waals surface area contributed by atoms with Crippen molar-refractivity contribution in [1.82, 2.24) is 16.0 Å². The molecule has 1 heterocycles. The van der Waals surface area contributed by atoms with Gasteiger partial charge in [-0.3, -0.25) is 4.79 Å². The highest BCUT2D eigenvalue weighted by Crippen LogP contribution is 2.24. The lowest BCUT2D eigenvalue weighted by molar-refractivity contribution is -0.121. The van der Waals surface area contributed by atoms with Crippen molar-refractivity contribution in [2.45, 2.75) is 12.5 Å². The van der Waals surface area contributed by atoms with E-state index < -0.39 is 6.03 Å². The van der Waals surface area contributed by atoms with Crippen molar-refractivity contribution in [1.29, 1.82) is 0 Å². The number of benzene rings is 2. The molecular formula is C20H21Cl3N4O2. The first-order valence-corrected chi connectivity index (χ1v) is 10.3. The molecule has 1 fully saturated rings. The number of rotatable bonds is 7. The zero-order chi connectivity index (χ0) is 20.8. The number of urea groups is 1. The van der Waals surface area contributed by atoms with Crippen LogP contribution in [0.4, 0.5) is 10.5 Å². The molecule has 1 atom stereocenters.